The van der Waals surface area contributed by atoms with Crippen LogP contribution in [0.25, 0.3) is 0 Å². The summed E-state index contributed by atoms with van der Waals surface area (Å²) in [6.07, 6.45) is 3.69. The van der Waals surface area contributed by atoms with Gasteiger partial charge in [-0.3, -0.25) is 0 Å². The van der Waals surface area contributed by atoms with Gasteiger partial charge in [-0.2, -0.15) is 4.39 Å². The van der Waals surface area contributed by atoms with Gasteiger partial charge in [0, 0.05) is 11.6 Å². The molecule has 67 valence electrons. The quantitative estimate of drug-likeness (QED) is 0.699. The standard InChI is InChI=1S/C10H10FN2/c11-8-2-1-3-9(12-8)13-10-4-7(5-10)6-10/h1,3,7H,4-6H2,(H,12,13). The molecule has 0 saturated heterocycles. The Morgan fingerprint density at radius 1 is 1.54 bits per heavy atom. The van der Waals surface area contributed by atoms with E-state index in [1.165, 1.54) is 19.3 Å². The lowest BCUT2D eigenvalue weighted by Gasteiger charge is -2.62. The highest BCUT2D eigenvalue weighted by atomic mass is 19.1. The van der Waals surface area contributed by atoms with Crippen molar-refractivity contribution in [3.05, 3.63) is 24.1 Å². The summed E-state index contributed by atoms with van der Waals surface area (Å²) in [7, 11) is 0. The molecule has 0 aliphatic heterocycles. The third-order valence-corrected chi connectivity index (χ3v) is 3.09. The minimum Gasteiger partial charge on any atom is -0.365 e. The van der Waals surface area contributed by atoms with Crippen LogP contribution in [0.15, 0.2) is 12.1 Å². The third-order valence-electron chi connectivity index (χ3n) is 3.09. The second kappa shape index (κ2) is 2.22. The van der Waals surface area contributed by atoms with E-state index in [0.717, 1.165) is 5.92 Å². The fraction of sp³-hybridized carbons (Fsp3) is 0.500. The van der Waals surface area contributed by atoms with Gasteiger partial charge in [0.1, 0.15) is 5.82 Å². The van der Waals surface area contributed by atoms with E-state index in [1.54, 1.807) is 12.1 Å². The van der Waals surface area contributed by atoms with Gasteiger partial charge >= 0.3 is 0 Å². The van der Waals surface area contributed by atoms with Crippen molar-refractivity contribution >= 4 is 5.82 Å². The average molecular weight is 177 g/mol. The molecule has 2 bridgehead atoms. The highest BCUT2D eigenvalue weighted by molar-refractivity contribution is 5.41. The Morgan fingerprint density at radius 3 is 2.85 bits per heavy atom. The van der Waals surface area contributed by atoms with Crippen LogP contribution in [0.5, 0.6) is 0 Å². The van der Waals surface area contributed by atoms with Gasteiger partial charge in [-0.25, -0.2) is 4.98 Å². The zero-order valence-corrected chi connectivity index (χ0v) is 7.18. The lowest BCUT2D eigenvalue weighted by Crippen LogP contribution is -2.63. The first-order valence-corrected chi connectivity index (χ1v) is 4.58. The Morgan fingerprint density at radius 2 is 2.31 bits per heavy atom. The first kappa shape index (κ1) is 7.30. The summed E-state index contributed by atoms with van der Waals surface area (Å²) in [6.45, 7) is 0. The normalized spacial score (nSPS) is 34.7. The Labute approximate surface area is 76.2 Å². The van der Waals surface area contributed by atoms with Crippen LogP contribution in [-0.2, 0) is 0 Å². The van der Waals surface area contributed by atoms with Crippen molar-refractivity contribution in [1.82, 2.24) is 4.98 Å². The van der Waals surface area contributed by atoms with E-state index in [9.17, 15) is 4.39 Å². The number of nitrogens with one attached hydrogen (secondary N) is 1. The maximum Gasteiger partial charge on any atom is 0.222 e. The maximum atomic E-state index is 12.7. The summed E-state index contributed by atoms with van der Waals surface area (Å²) >= 11 is 0. The third kappa shape index (κ3) is 1.03. The van der Waals surface area contributed by atoms with Gasteiger partial charge in [0.05, 0.1) is 0 Å². The zero-order chi connectivity index (χ0) is 8.89. The zero-order valence-electron chi connectivity index (χ0n) is 7.18. The molecule has 0 amide bonds. The number of hydrogen-bond acceptors (Lipinski definition) is 2. The van der Waals surface area contributed by atoms with Gasteiger partial charge in [-0.1, -0.05) is 0 Å². The second-order valence-corrected chi connectivity index (χ2v) is 4.15. The van der Waals surface area contributed by atoms with E-state index < -0.39 is 5.95 Å². The molecule has 3 aliphatic rings. The van der Waals surface area contributed by atoms with E-state index in [0.29, 0.717) is 5.82 Å². The van der Waals surface area contributed by atoms with Crippen LogP contribution in [0.3, 0.4) is 0 Å². The molecule has 0 aromatic carbocycles. The molecule has 0 unspecified atom stereocenters. The molecule has 3 heteroatoms. The first-order valence-electron chi connectivity index (χ1n) is 4.58. The lowest BCUT2D eigenvalue weighted by molar-refractivity contribution is 0.00176. The van der Waals surface area contributed by atoms with E-state index in [-0.39, 0.29) is 5.54 Å². The van der Waals surface area contributed by atoms with E-state index >= 15 is 0 Å². The molecule has 1 N–H and O–H groups in total. The number of aromatic nitrogens is 1. The molecule has 3 fully saturated rings. The van der Waals surface area contributed by atoms with Gasteiger partial charge in [-0.15, -0.1) is 0 Å². The van der Waals surface area contributed by atoms with Gasteiger partial charge in [0.2, 0.25) is 5.95 Å². The lowest BCUT2D eigenvalue weighted by atomic mass is 9.50. The van der Waals surface area contributed by atoms with Crippen LogP contribution < -0.4 is 5.32 Å². The molecule has 1 heterocycles. The summed E-state index contributed by atoms with van der Waals surface area (Å²) in [6, 6.07) is 5.72. The fourth-order valence-corrected chi connectivity index (χ4v) is 2.34. The predicted octanol–water partition coefficient (Wildman–Crippen LogP) is 1.99. The summed E-state index contributed by atoms with van der Waals surface area (Å²) in [5.74, 6) is 1.04. The van der Waals surface area contributed by atoms with Gasteiger partial charge < -0.3 is 5.32 Å². The van der Waals surface area contributed by atoms with E-state index in [2.05, 4.69) is 16.4 Å². The number of rotatable bonds is 2. The molecule has 13 heavy (non-hydrogen) atoms. The van der Waals surface area contributed by atoms with Crippen LogP contribution >= 0.6 is 0 Å². The molecule has 2 nitrogen and oxygen atoms in total. The molecule has 1 aromatic rings. The van der Waals surface area contributed by atoms with Gasteiger partial charge in [-0.05, 0) is 37.3 Å². The number of anilines is 1. The highest BCUT2D eigenvalue weighted by Crippen LogP contribution is 2.58. The topological polar surface area (TPSA) is 24.9 Å². The van der Waals surface area contributed by atoms with Crippen LogP contribution in [0.2, 0.25) is 0 Å². The molecule has 1 radical (unpaired) electrons. The molecule has 3 aliphatic carbocycles. The largest absolute Gasteiger partial charge is 0.365 e. The van der Waals surface area contributed by atoms with Crippen molar-refractivity contribution in [3.63, 3.8) is 0 Å². The van der Waals surface area contributed by atoms with E-state index in [4.69, 9.17) is 0 Å². The number of halogens is 1. The maximum absolute atomic E-state index is 12.7. The summed E-state index contributed by atoms with van der Waals surface area (Å²) in [4.78, 5) is 3.73. The molecular formula is C10H10FN2. The van der Waals surface area contributed by atoms with Gasteiger partial charge in [0.25, 0.3) is 0 Å². The van der Waals surface area contributed by atoms with Crippen molar-refractivity contribution in [2.24, 2.45) is 5.92 Å². The fourth-order valence-electron chi connectivity index (χ4n) is 2.34. The molecule has 0 atom stereocenters. The van der Waals surface area contributed by atoms with Crippen LogP contribution in [0, 0.1) is 17.9 Å². The van der Waals surface area contributed by atoms with E-state index in [1.807, 2.05) is 0 Å². The smallest absolute Gasteiger partial charge is 0.222 e. The van der Waals surface area contributed by atoms with Crippen molar-refractivity contribution in [2.45, 2.75) is 24.8 Å². The summed E-state index contributed by atoms with van der Waals surface area (Å²) in [5.41, 5.74) is 0.269. The Balaban J connectivity index is 1.78. The van der Waals surface area contributed by atoms with Gasteiger partial charge in [0.15, 0.2) is 0 Å². The van der Waals surface area contributed by atoms with Crippen molar-refractivity contribution in [3.8, 4) is 0 Å². The minimum atomic E-state index is -0.531. The first-order chi connectivity index (χ1) is 6.26. The van der Waals surface area contributed by atoms with Crippen molar-refractivity contribution < 1.29 is 4.39 Å². The SMILES string of the molecule is Fc1[c]ccc(NC23CC(C2)C3)n1. The number of pyridine rings is 1. The molecule has 3 saturated carbocycles. The Kier molecular flexibility index (Phi) is 1.25. The molecule has 1 aromatic heterocycles. The molecule has 0 spiro atoms. The molecular weight excluding hydrogens is 167 g/mol. The Hall–Kier alpha value is -1.12. The highest BCUT2D eigenvalue weighted by Gasteiger charge is 2.56. The van der Waals surface area contributed by atoms with Crippen LogP contribution in [0.4, 0.5) is 10.2 Å². The van der Waals surface area contributed by atoms with Crippen molar-refractivity contribution in [2.75, 3.05) is 5.32 Å². The summed E-state index contributed by atoms with van der Waals surface area (Å²) < 4.78 is 12.7. The van der Waals surface area contributed by atoms with Crippen LogP contribution in [0.1, 0.15) is 19.3 Å². The minimum absolute atomic E-state index is 0.269. The monoisotopic (exact) mass is 177 g/mol. The molecule has 4 rings (SSSR count). The number of nitrogens with zero attached hydrogens (tertiary/aromatic N) is 1. The van der Waals surface area contributed by atoms with Crippen LogP contribution in [-0.4, -0.2) is 10.5 Å². The Bertz CT molecular complexity index is 334. The number of hydrogen-bond donors (Lipinski definition) is 1. The summed E-state index contributed by atoms with van der Waals surface area (Å²) in [5, 5.41) is 3.29. The average Bonchev–Trinajstić information content (AvgIpc) is 1.95. The second-order valence-electron chi connectivity index (χ2n) is 4.15. The predicted molar refractivity (Wildman–Crippen MR) is 46.7 cm³/mol. The van der Waals surface area contributed by atoms with Crippen molar-refractivity contribution in [1.29, 1.82) is 0 Å².